The molecule has 0 spiro atoms. The average Bonchev–Trinajstić information content (AvgIpc) is 2.57. The molecule has 0 heterocycles. The quantitative estimate of drug-likeness (QED) is 0.629. The van der Waals surface area contributed by atoms with E-state index in [0.717, 1.165) is 6.42 Å². The number of alkyl carbamates (subject to hydrolysis) is 1. The number of carbonyl (C=O) groups excluding carboxylic acids is 2. The molecule has 2 atom stereocenters. The number of methoxy groups -OCH3 is 1. The van der Waals surface area contributed by atoms with Crippen molar-refractivity contribution in [1.29, 1.82) is 0 Å². The standard InChI is InChI=1S/C24H39NO4/c1-16(2)18(14-17-10-12-19(13-11-17)23(3,4)5)15-20(21(26)28-9)25-22(27)29-24(6,7)8/h10-13,16,18,20H,14-15H2,1-9H3,(H,25,27)/t18-,20-/m0/s1. The number of hydrogen-bond acceptors (Lipinski definition) is 4. The lowest BCUT2D eigenvalue weighted by Gasteiger charge is -2.27. The van der Waals surface area contributed by atoms with Crippen LogP contribution in [0.5, 0.6) is 0 Å². The highest BCUT2D eigenvalue weighted by atomic mass is 16.6. The van der Waals surface area contributed by atoms with Crippen molar-refractivity contribution in [2.45, 2.75) is 85.3 Å². The van der Waals surface area contributed by atoms with E-state index in [2.05, 4.69) is 64.2 Å². The van der Waals surface area contributed by atoms with Crippen molar-refractivity contribution in [2.24, 2.45) is 11.8 Å². The molecule has 0 unspecified atom stereocenters. The molecule has 0 aliphatic carbocycles. The van der Waals surface area contributed by atoms with Crippen molar-refractivity contribution in [1.82, 2.24) is 5.32 Å². The van der Waals surface area contributed by atoms with E-state index < -0.39 is 23.7 Å². The zero-order valence-electron chi connectivity index (χ0n) is 19.6. The molecular formula is C24H39NO4. The topological polar surface area (TPSA) is 64.6 Å². The molecule has 0 radical (unpaired) electrons. The van der Waals surface area contributed by atoms with E-state index in [4.69, 9.17) is 9.47 Å². The van der Waals surface area contributed by atoms with Crippen LogP contribution in [-0.2, 0) is 26.1 Å². The number of hydrogen-bond donors (Lipinski definition) is 1. The third-order valence-corrected chi connectivity index (χ3v) is 4.98. The second kappa shape index (κ2) is 10.1. The summed E-state index contributed by atoms with van der Waals surface area (Å²) in [5, 5.41) is 2.69. The van der Waals surface area contributed by atoms with Gasteiger partial charge < -0.3 is 14.8 Å². The Balaban J connectivity index is 2.91. The van der Waals surface area contributed by atoms with Crippen LogP contribution in [0.1, 0.15) is 72.9 Å². The highest BCUT2D eigenvalue weighted by molar-refractivity contribution is 5.81. The van der Waals surface area contributed by atoms with Crippen LogP contribution in [0, 0.1) is 11.8 Å². The molecule has 0 aliphatic rings. The monoisotopic (exact) mass is 405 g/mol. The van der Waals surface area contributed by atoms with Crippen molar-refractivity contribution in [3.8, 4) is 0 Å². The molecule has 5 nitrogen and oxygen atoms in total. The van der Waals surface area contributed by atoms with Gasteiger partial charge in [0.1, 0.15) is 11.6 Å². The Morgan fingerprint density at radius 3 is 1.97 bits per heavy atom. The lowest BCUT2D eigenvalue weighted by Crippen LogP contribution is -2.45. The first-order chi connectivity index (χ1) is 13.2. The molecule has 0 bridgehead atoms. The predicted octanol–water partition coefficient (Wildman–Crippen LogP) is 5.26. The van der Waals surface area contributed by atoms with Gasteiger partial charge in [0.15, 0.2) is 0 Å². The van der Waals surface area contributed by atoms with Crippen LogP contribution in [0.4, 0.5) is 4.79 Å². The second-order valence-corrected chi connectivity index (χ2v) is 10.1. The lowest BCUT2D eigenvalue weighted by atomic mass is 9.82. The molecule has 1 N–H and O–H groups in total. The van der Waals surface area contributed by atoms with Gasteiger partial charge in [-0.1, -0.05) is 58.9 Å². The lowest BCUT2D eigenvalue weighted by molar-refractivity contribution is -0.143. The molecule has 1 aromatic carbocycles. The number of rotatable bonds is 7. The van der Waals surface area contributed by atoms with Crippen LogP contribution in [-0.4, -0.2) is 30.8 Å². The minimum atomic E-state index is -0.740. The summed E-state index contributed by atoms with van der Waals surface area (Å²) >= 11 is 0. The van der Waals surface area contributed by atoms with Gasteiger partial charge in [0.05, 0.1) is 7.11 Å². The molecule has 0 saturated carbocycles. The number of esters is 1. The highest BCUT2D eigenvalue weighted by Gasteiger charge is 2.29. The summed E-state index contributed by atoms with van der Waals surface area (Å²) in [5.74, 6) is 0.0870. The van der Waals surface area contributed by atoms with E-state index in [9.17, 15) is 9.59 Å². The average molecular weight is 406 g/mol. The normalized spacial score (nSPS) is 14.3. The molecule has 5 heteroatoms. The van der Waals surface area contributed by atoms with E-state index >= 15 is 0 Å². The summed E-state index contributed by atoms with van der Waals surface area (Å²) in [5.41, 5.74) is 2.00. The third kappa shape index (κ3) is 8.88. The summed E-state index contributed by atoms with van der Waals surface area (Å²) in [6.45, 7) is 16.2. The SMILES string of the molecule is COC(=O)[C@H](C[C@H](Cc1ccc(C(C)(C)C)cc1)C(C)C)NC(=O)OC(C)(C)C. The Bertz CT molecular complexity index is 666. The zero-order chi connectivity index (χ0) is 22.4. The first-order valence-electron chi connectivity index (χ1n) is 10.4. The Labute approximate surface area is 176 Å². The van der Waals surface area contributed by atoms with E-state index in [0.29, 0.717) is 12.3 Å². The van der Waals surface area contributed by atoms with Gasteiger partial charge in [-0.2, -0.15) is 0 Å². The maximum Gasteiger partial charge on any atom is 0.408 e. The van der Waals surface area contributed by atoms with Crippen LogP contribution < -0.4 is 5.32 Å². The minimum Gasteiger partial charge on any atom is -0.467 e. The summed E-state index contributed by atoms with van der Waals surface area (Å²) in [6, 6.07) is 7.91. The van der Waals surface area contributed by atoms with Gasteiger partial charge in [0.25, 0.3) is 0 Å². The summed E-state index contributed by atoms with van der Waals surface area (Å²) < 4.78 is 10.2. The van der Waals surface area contributed by atoms with Crippen molar-refractivity contribution in [3.05, 3.63) is 35.4 Å². The molecule has 29 heavy (non-hydrogen) atoms. The molecule has 1 amide bonds. The Hall–Kier alpha value is -2.04. The fourth-order valence-electron chi connectivity index (χ4n) is 3.14. The Kier molecular flexibility index (Phi) is 8.73. The van der Waals surface area contributed by atoms with Gasteiger partial charge in [-0.3, -0.25) is 0 Å². The van der Waals surface area contributed by atoms with Crippen molar-refractivity contribution >= 4 is 12.1 Å². The fourth-order valence-corrected chi connectivity index (χ4v) is 3.14. The predicted molar refractivity (Wildman–Crippen MR) is 117 cm³/mol. The first-order valence-corrected chi connectivity index (χ1v) is 10.4. The van der Waals surface area contributed by atoms with Crippen LogP contribution in [0.25, 0.3) is 0 Å². The number of nitrogens with one attached hydrogen (secondary N) is 1. The maximum absolute atomic E-state index is 12.3. The van der Waals surface area contributed by atoms with Gasteiger partial charge in [-0.05, 0) is 62.0 Å². The smallest absolute Gasteiger partial charge is 0.408 e. The van der Waals surface area contributed by atoms with E-state index in [1.54, 1.807) is 20.8 Å². The first kappa shape index (κ1) is 25.0. The molecule has 1 aromatic rings. The Morgan fingerprint density at radius 1 is 1.00 bits per heavy atom. The summed E-state index contributed by atoms with van der Waals surface area (Å²) in [7, 11) is 1.34. The number of benzene rings is 1. The van der Waals surface area contributed by atoms with Crippen LogP contribution >= 0.6 is 0 Å². The van der Waals surface area contributed by atoms with Gasteiger partial charge in [0, 0.05) is 0 Å². The summed E-state index contributed by atoms with van der Waals surface area (Å²) in [4.78, 5) is 24.5. The van der Waals surface area contributed by atoms with E-state index in [1.807, 2.05) is 0 Å². The third-order valence-electron chi connectivity index (χ3n) is 4.98. The van der Waals surface area contributed by atoms with Gasteiger partial charge in [-0.25, -0.2) is 9.59 Å². The summed E-state index contributed by atoms with van der Waals surface area (Å²) in [6.07, 6.45) is 0.709. The van der Waals surface area contributed by atoms with Crippen molar-refractivity contribution in [3.63, 3.8) is 0 Å². The Morgan fingerprint density at radius 2 is 1.55 bits per heavy atom. The van der Waals surface area contributed by atoms with Crippen LogP contribution in [0.15, 0.2) is 24.3 Å². The molecular weight excluding hydrogens is 366 g/mol. The van der Waals surface area contributed by atoms with Gasteiger partial charge in [0.2, 0.25) is 0 Å². The van der Waals surface area contributed by atoms with Crippen molar-refractivity contribution in [2.75, 3.05) is 7.11 Å². The molecule has 0 aliphatic heterocycles. The largest absolute Gasteiger partial charge is 0.467 e. The minimum absolute atomic E-state index is 0.114. The van der Waals surface area contributed by atoms with Gasteiger partial charge in [-0.15, -0.1) is 0 Å². The molecule has 1 rings (SSSR count). The van der Waals surface area contributed by atoms with Crippen molar-refractivity contribution < 1.29 is 19.1 Å². The number of amides is 1. The van der Waals surface area contributed by atoms with E-state index in [1.165, 1.54) is 18.2 Å². The van der Waals surface area contributed by atoms with Crippen LogP contribution in [0.3, 0.4) is 0 Å². The molecule has 164 valence electrons. The van der Waals surface area contributed by atoms with E-state index in [-0.39, 0.29) is 11.3 Å². The number of carbonyl (C=O) groups is 2. The number of ether oxygens (including phenoxy) is 2. The molecule has 0 aromatic heterocycles. The maximum atomic E-state index is 12.3. The molecule has 0 fully saturated rings. The highest BCUT2D eigenvalue weighted by Crippen LogP contribution is 2.26. The second-order valence-electron chi connectivity index (χ2n) is 10.1. The molecule has 0 saturated heterocycles. The zero-order valence-corrected chi connectivity index (χ0v) is 19.6. The van der Waals surface area contributed by atoms with Gasteiger partial charge >= 0.3 is 12.1 Å². The van der Waals surface area contributed by atoms with Crippen LogP contribution in [0.2, 0.25) is 0 Å². The fraction of sp³-hybridized carbons (Fsp3) is 0.667.